The maximum Gasteiger partial charge on any atom is 0.303 e. The summed E-state index contributed by atoms with van der Waals surface area (Å²) < 4.78 is 5.26. The van der Waals surface area contributed by atoms with Crippen LogP contribution < -0.4 is 5.73 Å². The van der Waals surface area contributed by atoms with Crippen LogP contribution in [0.25, 0.3) is 0 Å². The van der Waals surface area contributed by atoms with Gasteiger partial charge in [0.15, 0.2) is 0 Å². The zero-order chi connectivity index (χ0) is 11.0. The highest BCUT2D eigenvalue weighted by Gasteiger charge is 2.15. The molecule has 0 fully saturated rings. The number of carboxylic acid groups (broad SMARTS) is 1. The third kappa shape index (κ3) is 6.86. The van der Waals surface area contributed by atoms with Crippen LogP contribution >= 0.6 is 0 Å². The van der Waals surface area contributed by atoms with Crippen LogP contribution in [0.2, 0.25) is 0 Å². The van der Waals surface area contributed by atoms with Crippen molar-refractivity contribution < 1.29 is 14.6 Å². The van der Waals surface area contributed by atoms with Gasteiger partial charge in [0, 0.05) is 19.6 Å². The summed E-state index contributed by atoms with van der Waals surface area (Å²) in [6.45, 7) is 5.83. The fourth-order valence-electron chi connectivity index (χ4n) is 1.47. The maximum absolute atomic E-state index is 10.5. The van der Waals surface area contributed by atoms with Crippen LogP contribution in [0.5, 0.6) is 0 Å². The molecule has 0 spiro atoms. The van der Waals surface area contributed by atoms with Gasteiger partial charge in [-0.15, -0.1) is 0 Å². The molecule has 0 radical (unpaired) electrons. The van der Waals surface area contributed by atoms with E-state index in [0.717, 1.165) is 6.42 Å². The van der Waals surface area contributed by atoms with Gasteiger partial charge in [-0.2, -0.15) is 0 Å². The van der Waals surface area contributed by atoms with Crippen LogP contribution in [0.1, 0.15) is 26.7 Å². The van der Waals surface area contributed by atoms with Crippen molar-refractivity contribution in [3.05, 3.63) is 0 Å². The predicted molar refractivity (Wildman–Crippen MR) is 55.1 cm³/mol. The molecule has 0 aliphatic heterocycles. The van der Waals surface area contributed by atoms with Crippen molar-refractivity contribution >= 4 is 5.97 Å². The molecule has 0 heterocycles. The van der Waals surface area contributed by atoms with Gasteiger partial charge in [0.2, 0.25) is 0 Å². The molecule has 0 aromatic heterocycles. The molecule has 0 saturated carbocycles. The van der Waals surface area contributed by atoms with Gasteiger partial charge >= 0.3 is 5.97 Å². The molecule has 0 aliphatic carbocycles. The SMILES string of the molecule is CCOCC(C)C[C@H](CN)CC(=O)O. The van der Waals surface area contributed by atoms with E-state index in [0.29, 0.717) is 25.7 Å². The lowest BCUT2D eigenvalue weighted by atomic mass is 9.94. The lowest BCUT2D eigenvalue weighted by Gasteiger charge is -2.17. The van der Waals surface area contributed by atoms with Crippen LogP contribution in [0.15, 0.2) is 0 Å². The minimum absolute atomic E-state index is 0.0722. The number of carbonyl (C=O) groups is 1. The molecular weight excluding hydrogens is 182 g/mol. The quantitative estimate of drug-likeness (QED) is 0.619. The monoisotopic (exact) mass is 203 g/mol. The molecule has 4 nitrogen and oxygen atoms in total. The molecule has 14 heavy (non-hydrogen) atoms. The summed E-state index contributed by atoms with van der Waals surface area (Å²) >= 11 is 0. The summed E-state index contributed by atoms with van der Waals surface area (Å²) in [6.07, 6.45) is 0.982. The predicted octanol–water partition coefficient (Wildman–Crippen LogP) is 1.10. The largest absolute Gasteiger partial charge is 0.481 e. The fourth-order valence-corrected chi connectivity index (χ4v) is 1.47. The second kappa shape index (κ2) is 7.76. The normalized spacial score (nSPS) is 15.1. The highest BCUT2D eigenvalue weighted by atomic mass is 16.5. The minimum atomic E-state index is -0.774. The Morgan fingerprint density at radius 2 is 2.21 bits per heavy atom. The smallest absolute Gasteiger partial charge is 0.303 e. The summed E-state index contributed by atoms with van der Waals surface area (Å²) in [5.41, 5.74) is 5.49. The van der Waals surface area contributed by atoms with Gasteiger partial charge in [0.05, 0.1) is 0 Å². The van der Waals surface area contributed by atoms with E-state index in [9.17, 15) is 4.79 Å². The molecular formula is C10H21NO3. The first-order valence-corrected chi connectivity index (χ1v) is 5.09. The zero-order valence-corrected chi connectivity index (χ0v) is 9.03. The molecule has 0 saturated heterocycles. The Kier molecular flexibility index (Phi) is 7.42. The van der Waals surface area contributed by atoms with Gasteiger partial charge in [0.25, 0.3) is 0 Å². The van der Waals surface area contributed by atoms with E-state index >= 15 is 0 Å². The lowest BCUT2D eigenvalue weighted by Crippen LogP contribution is -2.22. The number of hydrogen-bond acceptors (Lipinski definition) is 3. The number of hydrogen-bond donors (Lipinski definition) is 2. The molecule has 0 amide bonds. The van der Waals surface area contributed by atoms with Crippen LogP contribution in [-0.4, -0.2) is 30.8 Å². The van der Waals surface area contributed by atoms with Crippen molar-refractivity contribution in [1.29, 1.82) is 0 Å². The zero-order valence-electron chi connectivity index (χ0n) is 9.03. The number of nitrogens with two attached hydrogens (primary N) is 1. The third-order valence-electron chi connectivity index (χ3n) is 2.14. The van der Waals surface area contributed by atoms with Crippen LogP contribution in [0.4, 0.5) is 0 Å². The van der Waals surface area contributed by atoms with Crippen molar-refractivity contribution in [1.82, 2.24) is 0 Å². The minimum Gasteiger partial charge on any atom is -0.481 e. The van der Waals surface area contributed by atoms with E-state index in [1.807, 2.05) is 6.92 Å². The first-order chi connectivity index (χ1) is 6.60. The van der Waals surface area contributed by atoms with Crippen molar-refractivity contribution in [3.63, 3.8) is 0 Å². The van der Waals surface area contributed by atoms with Gasteiger partial charge in [-0.1, -0.05) is 6.92 Å². The fraction of sp³-hybridized carbons (Fsp3) is 0.900. The van der Waals surface area contributed by atoms with E-state index in [2.05, 4.69) is 6.92 Å². The standard InChI is InChI=1S/C10H21NO3/c1-3-14-7-8(2)4-9(6-11)5-10(12)13/h8-9H,3-7,11H2,1-2H3,(H,12,13)/t8?,9-/m0/s1. The summed E-state index contributed by atoms with van der Waals surface area (Å²) in [4.78, 5) is 10.5. The summed E-state index contributed by atoms with van der Waals surface area (Å²) in [6, 6.07) is 0. The van der Waals surface area contributed by atoms with Crippen molar-refractivity contribution in [2.45, 2.75) is 26.7 Å². The van der Waals surface area contributed by atoms with Gasteiger partial charge in [0.1, 0.15) is 0 Å². The van der Waals surface area contributed by atoms with Crippen molar-refractivity contribution in [3.8, 4) is 0 Å². The highest BCUT2D eigenvalue weighted by Crippen LogP contribution is 2.15. The van der Waals surface area contributed by atoms with E-state index in [1.165, 1.54) is 0 Å². The Bertz CT molecular complexity index is 161. The summed E-state index contributed by atoms with van der Waals surface area (Å²) in [7, 11) is 0. The second-order valence-electron chi connectivity index (χ2n) is 3.70. The van der Waals surface area contributed by atoms with Crippen LogP contribution in [0, 0.1) is 11.8 Å². The summed E-state index contributed by atoms with van der Waals surface area (Å²) in [5, 5.41) is 8.62. The van der Waals surface area contributed by atoms with Gasteiger partial charge in [-0.05, 0) is 31.7 Å². The van der Waals surface area contributed by atoms with Crippen LogP contribution in [-0.2, 0) is 9.53 Å². The third-order valence-corrected chi connectivity index (χ3v) is 2.14. The van der Waals surface area contributed by atoms with E-state index in [-0.39, 0.29) is 12.3 Å². The Labute approximate surface area is 85.4 Å². The van der Waals surface area contributed by atoms with E-state index in [4.69, 9.17) is 15.6 Å². The van der Waals surface area contributed by atoms with E-state index in [1.54, 1.807) is 0 Å². The Morgan fingerprint density at radius 1 is 1.57 bits per heavy atom. The number of ether oxygens (including phenoxy) is 1. The lowest BCUT2D eigenvalue weighted by molar-refractivity contribution is -0.138. The van der Waals surface area contributed by atoms with Gasteiger partial charge in [-0.25, -0.2) is 0 Å². The highest BCUT2D eigenvalue weighted by molar-refractivity contribution is 5.67. The molecule has 84 valence electrons. The average Bonchev–Trinajstić information content (AvgIpc) is 2.12. The van der Waals surface area contributed by atoms with Crippen molar-refractivity contribution in [2.24, 2.45) is 17.6 Å². The Balaban J connectivity index is 3.73. The maximum atomic E-state index is 10.5. The Morgan fingerprint density at radius 3 is 2.64 bits per heavy atom. The van der Waals surface area contributed by atoms with Gasteiger partial charge in [-0.3, -0.25) is 4.79 Å². The molecule has 1 unspecified atom stereocenters. The number of carboxylic acids is 1. The Hall–Kier alpha value is -0.610. The molecule has 4 heteroatoms. The average molecular weight is 203 g/mol. The second-order valence-corrected chi connectivity index (χ2v) is 3.70. The number of rotatable bonds is 8. The molecule has 0 aromatic rings. The number of aliphatic carboxylic acids is 1. The molecule has 0 rings (SSSR count). The van der Waals surface area contributed by atoms with Crippen molar-refractivity contribution in [2.75, 3.05) is 19.8 Å². The van der Waals surface area contributed by atoms with E-state index < -0.39 is 5.97 Å². The molecule has 2 atom stereocenters. The molecule has 0 bridgehead atoms. The first-order valence-electron chi connectivity index (χ1n) is 5.09. The summed E-state index contributed by atoms with van der Waals surface area (Å²) in [5.74, 6) is -0.324. The molecule has 3 N–H and O–H groups in total. The first kappa shape index (κ1) is 13.4. The van der Waals surface area contributed by atoms with Crippen LogP contribution in [0.3, 0.4) is 0 Å². The topological polar surface area (TPSA) is 72.5 Å². The molecule has 0 aliphatic rings. The molecule has 0 aromatic carbocycles. The van der Waals surface area contributed by atoms with Gasteiger partial charge < -0.3 is 15.6 Å².